The van der Waals surface area contributed by atoms with Gasteiger partial charge in [-0.25, -0.2) is 18.4 Å². The van der Waals surface area contributed by atoms with E-state index < -0.39 is 10.0 Å². The van der Waals surface area contributed by atoms with E-state index >= 15 is 0 Å². The molecule has 0 N–H and O–H groups in total. The minimum Gasteiger partial charge on any atom is -0.449 e. The second-order valence-corrected chi connectivity index (χ2v) is 10.8. The van der Waals surface area contributed by atoms with Gasteiger partial charge in [0.1, 0.15) is 17.8 Å². The van der Waals surface area contributed by atoms with Crippen LogP contribution in [0.2, 0.25) is 0 Å². The Hall–Kier alpha value is -2.98. The van der Waals surface area contributed by atoms with E-state index in [0.717, 1.165) is 30.2 Å². The molecule has 0 atom stereocenters. The summed E-state index contributed by atoms with van der Waals surface area (Å²) in [5.41, 5.74) is 2.45. The molecule has 2 aliphatic rings. The number of aryl methyl sites for hydroxylation is 2. The van der Waals surface area contributed by atoms with Crippen LogP contribution in [0.1, 0.15) is 30.8 Å². The first-order valence-electron chi connectivity index (χ1n) is 11.8. The smallest absolute Gasteiger partial charge is 0.243 e. The normalized spacial score (nSPS) is 17.8. The standard InChI is InChI=1S/C24H30N6O3S/c1-18-16-23(28-10-4-3-5-11-28)27-24(25-18)29-12-14-30(15-13-29)34(31,32)21-8-6-20(7-9-21)22-17-33-19(2)26-22/h6-9,16-17H,3-5,10-15H2,1-2H3. The lowest BCUT2D eigenvalue weighted by Gasteiger charge is -2.35. The quantitative estimate of drug-likeness (QED) is 0.547. The maximum atomic E-state index is 13.2. The number of sulfonamides is 1. The number of piperidine rings is 1. The van der Waals surface area contributed by atoms with Gasteiger partial charge >= 0.3 is 0 Å². The lowest BCUT2D eigenvalue weighted by Crippen LogP contribution is -2.49. The molecule has 0 unspecified atom stereocenters. The molecule has 0 radical (unpaired) electrons. The maximum Gasteiger partial charge on any atom is 0.243 e. The number of hydrogen-bond donors (Lipinski definition) is 0. The van der Waals surface area contributed by atoms with Crippen LogP contribution in [0.5, 0.6) is 0 Å². The van der Waals surface area contributed by atoms with Gasteiger partial charge in [-0.1, -0.05) is 12.1 Å². The van der Waals surface area contributed by atoms with Crippen LogP contribution in [-0.4, -0.2) is 66.9 Å². The molecule has 0 spiro atoms. The first-order chi connectivity index (χ1) is 16.4. The number of hydrogen-bond acceptors (Lipinski definition) is 8. The summed E-state index contributed by atoms with van der Waals surface area (Å²) in [5, 5.41) is 0. The van der Waals surface area contributed by atoms with Gasteiger partial charge < -0.3 is 14.2 Å². The van der Waals surface area contributed by atoms with Crippen molar-refractivity contribution in [3.63, 3.8) is 0 Å². The summed E-state index contributed by atoms with van der Waals surface area (Å²) >= 11 is 0. The van der Waals surface area contributed by atoms with Gasteiger partial charge in [0, 0.05) is 63.5 Å². The Labute approximate surface area is 200 Å². The van der Waals surface area contributed by atoms with Crippen molar-refractivity contribution >= 4 is 21.8 Å². The number of piperazine rings is 1. The summed E-state index contributed by atoms with van der Waals surface area (Å²) in [6, 6.07) is 8.84. The highest BCUT2D eigenvalue weighted by molar-refractivity contribution is 7.89. The molecule has 3 aromatic rings. The van der Waals surface area contributed by atoms with Crippen molar-refractivity contribution in [1.82, 2.24) is 19.3 Å². The summed E-state index contributed by atoms with van der Waals surface area (Å²) in [5.74, 6) is 2.23. The van der Waals surface area contributed by atoms with E-state index in [0.29, 0.717) is 43.7 Å². The van der Waals surface area contributed by atoms with Gasteiger partial charge in [-0.3, -0.25) is 0 Å². The van der Waals surface area contributed by atoms with Gasteiger partial charge in [0.15, 0.2) is 5.89 Å². The molecular weight excluding hydrogens is 452 g/mol. The molecule has 9 nitrogen and oxygen atoms in total. The van der Waals surface area contributed by atoms with Crippen LogP contribution >= 0.6 is 0 Å². The van der Waals surface area contributed by atoms with E-state index in [1.54, 1.807) is 41.8 Å². The van der Waals surface area contributed by atoms with Crippen molar-refractivity contribution < 1.29 is 12.8 Å². The first-order valence-corrected chi connectivity index (χ1v) is 13.2. The fraction of sp³-hybridized carbons (Fsp3) is 0.458. The van der Waals surface area contributed by atoms with Crippen molar-refractivity contribution in [3.8, 4) is 11.3 Å². The number of benzene rings is 1. The summed E-state index contributed by atoms with van der Waals surface area (Å²) in [4.78, 5) is 18.5. The molecule has 10 heteroatoms. The Morgan fingerprint density at radius 3 is 2.18 bits per heavy atom. The van der Waals surface area contributed by atoms with Crippen molar-refractivity contribution in [1.29, 1.82) is 0 Å². The molecule has 4 heterocycles. The third kappa shape index (κ3) is 4.65. The predicted molar refractivity (Wildman–Crippen MR) is 130 cm³/mol. The van der Waals surface area contributed by atoms with Crippen LogP contribution < -0.4 is 9.80 Å². The third-order valence-corrected chi connectivity index (χ3v) is 8.35. The summed E-state index contributed by atoms with van der Waals surface area (Å²) in [6.45, 7) is 7.71. The number of nitrogens with zero attached hydrogens (tertiary/aromatic N) is 6. The minimum absolute atomic E-state index is 0.282. The van der Waals surface area contributed by atoms with Gasteiger partial charge in [0.2, 0.25) is 16.0 Å². The predicted octanol–water partition coefficient (Wildman–Crippen LogP) is 3.25. The first kappa shape index (κ1) is 22.8. The maximum absolute atomic E-state index is 13.2. The molecule has 0 amide bonds. The topological polar surface area (TPSA) is 95.7 Å². The molecule has 0 bridgehead atoms. The molecule has 5 rings (SSSR count). The van der Waals surface area contributed by atoms with Gasteiger partial charge in [-0.2, -0.15) is 9.29 Å². The second-order valence-electron chi connectivity index (χ2n) is 8.88. The van der Waals surface area contributed by atoms with E-state index in [1.165, 1.54) is 19.3 Å². The number of anilines is 2. The molecule has 0 saturated carbocycles. The highest BCUT2D eigenvalue weighted by atomic mass is 32.2. The van der Waals surface area contributed by atoms with Gasteiger partial charge in [0.05, 0.1) is 4.90 Å². The average molecular weight is 483 g/mol. The highest BCUT2D eigenvalue weighted by Crippen LogP contribution is 2.25. The van der Waals surface area contributed by atoms with Crippen molar-refractivity contribution in [2.45, 2.75) is 38.0 Å². The van der Waals surface area contributed by atoms with Crippen LogP contribution in [0.4, 0.5) is 11.8 Å². The van der Waals surface area contributed by atoms with Crippen LogP contribution in [0.3, 0.4) is 0 Å². The van der Waals surface area contributed by atoms with Gasteiger partial charge in [-0.05, 0) is 38.3 Å². The van der Waals surface area contributed by atoms with Crippen molar-refractivity contribution in [2.24, 2.45) is 0 Å². The Kier molecular flexibility index (Phi) is 6.26. The zero-order chi connectivity index (χ0) is 23.7. The van der Waals surface area contributed by atoms with Crippen molar-refractivity contribution in [3.05, 3.63) is 48.2 Å². The third-order valence-electron chi connectivity index (χ3n) is 6.44. The molecule has 2 fully saturated rings. The lowest BCUT2D eigenvalue weighted by molar-refractivity contribution is 0.382. The molecule has 180 valence electrons. The highest BCUT2D eigenvalue weighted by Gasteiger charge is 2.30. The van der Waals surface area contributed by atoms with Crippen molar-refractivity contribution in [2.75, 3.05) is 49.1 Å². The molecule has 1 aromatic carbocycles. The van der Waals surface area contributed by atoms with E-state index in [9.17, 15) is 8.42 Å². The number of oxazole rings is 1. The Bertz CT molecular complexity index is 1240. The molecule has 0 aliphatic carbocycles. The molecule has 2 saturated heterocycles. The largest absolute Gasteiger partial charge is 0.449 e. The van der Waals surface area contributed by atoms with Gasteiger partial charge in [-0.15, -0.1) is 0 Å². The van der Waals surface area contributed by atoms with E-state index in [4.69, 9.17) is 9.40 Å². The summed E-state index contributed by atoms with van der Waals surface area (Å²) in [7, 11) is -3.58. The number of rotatable bonds is 5. The van der Waals surface area contributed by atoms with Crippen LogP contribution in [0, 0.1) is 13.8 Å². The van der Waals surface area contributed by atoms with E-state index in [1.807, 2.05) is 13.0 Å². The molecule has 2 aromatic heterocycles. The van der Waals surface area contributed by atoms with Crippen LogP contribution in [-0.2, 0) is 10.0 Å². The summed E-state index contributed by atoms with van der Waals surface area (Å²) < 4.78 is 33.3. The Balaban J connectivity index is 1.27. The zero-order valence-corrected chi connectivity index (χ0v) is 20.5. The molecule has 34 heavy (non-hydrogen) atoms. The van der Waals surface area contributed by atoms with Crippen LogP contribution in [0.15, 0.2) is 45.9 Å². The lowest BCUT2D eigenvalue weighted by atomic mass is 10.1. The SMILES string of the molecule is Cc1cc(N2CCCCC2)nc(N2CCN(S(=O)(=O)c3ccc(-c4coc(C)n4)cc3)CC2)n1. The van der Waals surface area contributed by atoms with E-state index in [-0.39, 0.29) is 4.90 Å². The van der Waals surface area contributed by atoms with E-state index in [2.05, 4.69) is 19.8 Å². The minimum atomic E-state index is -3.58. The summed E-state index contributed by atoms with van der Waals surface area (Å²) in [6.07, 6.45) is 5.22. The van der Waals surface area contributed by atoms with Crippen LogP contribution in [0.25, 0.3) is 11.3 Å². The molecule has 2 aliphatic heterocycles. The monoisotopic (exact) mass is 482 g/mol. The number of aromatic nitrogens is 3. The second kappa shape index (κ2) is 9.34. The average Bonchev–Trinajstić information content (AvgIpc) is 3.30. The van der Waals surface area contributed by atoms with Gasteiger partial charge in [0.25, 0.3) is 0 Å². The molecular formula is C24H30N6O3S. The Morgan fingerprint density at radius 2 is 1.53 bits per heavy atom. The zero-order valence-electron chi connectivity index (χ0n) is 19.6. The fourth-order valence-corrected chi connectivity index (χ4v) is 5.96. The Morgan fingerprint density at radius 1 is 0.824 bits per heavy atom. The fourth-order valence-electron chi connectivity index (χ4n) is 4.53.